The van der Waals surface area contributed by atoms with Crippen molar-refractivity contribution in [3.63, 3.8) is 0 Å². The van der Waals surface area contributed by atoms with Gasteiger partial charge < -0.3 is 19.6 Å². The first-order chi connectivity index (χ1) is 23.6. The fourth-order valence-corrected chi connectivity index (χ4v) is 10.2. The van der Waals surface area contributed by atoms with Gasteiger partial charge in [-0.15, -0.1) is 11.3 Å². The van der Waals surface area contributed by atoms with Crippen LogP contribution in [0, 0.1) is 5.92 Å². The number of rotatable bonds is 20. The molecule has 0 amide bonds. The molecule has 0 aliphatic heterocycles. The van der Waals surface area contributed by atoms with Gasteiger partial charge in [0, 0.05) is 27.9 Å². The first-order valence-corrected chi connectivity index (χ1v) is 21.0. The molecule has 2 atom stereocenters. The number of carbonyl (C=O) groups is 2. The van der Waals surface area contributed by atoms with Crippen LogP contribution in [0.5, 0.6) is 0 Å². The van der Waals surface area contributed by atoms with Gasteiger partial charge in [-0.1, -0.05) is 74.5 Å². The van der Waals surface area contributed by atoms with Crippen molar-refractivity contribution in [2.75, 3.05) is 30.5 Å². The van der Waals surface area contributed by atoms with Crippen LogP contribution in [0.4, 0.5) is 5.13 Å². The number of benzene rings is 2. The summed E-state index contributed by atoms with van der Waals surface area (Å²) in [7, 11) is -4.05. The van der Waals surface area contributed by atoms with Crippen LogP contribution in [0.15, 0.2) is 77.2 Å². The predicted octanol–water partition coefficient (Wildman–Crippen LogP) is 6.91. The summed E-state index contributed by atoms with van der Waals surface area (Å²) in [6, 6.07) is 21.0. The fraction of sp³-hybridized carbons (Fsp3) is 0.400. The van der Waals surface area contributed by atoms with E-state index in [0.717, 1.165) is 22.4 Å². The van der Waals surface area contributed by atoms with Gasteiger partial charge in [-0.2, -0.15) is 23.5 Å². The number of anilines is 1. The highest BCUT2D eigenvalue weighted by atomic mass is 32.2. The Morgan fingerprint density at radius 2 is 1.37 bits per heavy atom. The number of hydrogen-bond acceptors (Lipinski definition) is 11. The third-order valence-corrected chi connectivity index (χ3v) is 12.4. The Morgan fingerprint density at radius 3 is 1.84 bits per heavy atom. The molecule has 2 aromatic carbocycles. The molecule has 0 fully saturated rings. The Bertz CT molecular complexity index is 1590. The molecule has 0 aliphatic carbocycles. The summed E-state index contributed by atoms with van der Waals surface area (Å²) in [5, 5.41) is 6.53. The highest BCUT2D eigenvalue weighted by molar-refractivity contribution is 7.98. The number of aromatic nitrogens is 1. The Labute approximate surface area is 301 Å². The number of esters is 2. The Morgan fingerprint density at radius 1 is 0.857 bits per heavy atom. The Balaban J connectivity index is 1.67. The second kappa shape index (κ2) is 19.4. The van der Waals surface area contributed by atoms with Gasteiger partial charge in [0.15, 0.2) is 16.4 Å². The van der Waals surface area contributed by atoms with Crippen molar-refractivity contribution < 1.29 is 28.0 Å². The molecular weight excluding hydrogens is 700 g/mol. The Kier molecular flexibility index (Phi) is 15.3. The third kappa shape index (κ3) is 11.8. The fourth-order valence-electron chi connectivity index (χ4n) is 4.84. The van der Waals surface area contributed by atoms with E-state index in [1.165, 1.54) is 34.9 Å². The van der Waals surface area contributed by atoms with E-state index in [9.17, 15) is 9.59 Å². The van der Waals surface area contributed by atoms with Gasteiger partial charge in [-0.05, 0) is 49.4 Å². The van der Waals surface area contributed by atoms with Gasteiger partial charge in [0.2, 0.25) is 0 Å². The maximum Gasteiger partial charge on any atom is 0.324 e. The van der Waals surface area contributed by atoms with Crippen molar-refractivity contribution in [1.29, 1.82) is 0 Å². The van der Waals surface area contributed by atoms with E-state index >= 15 is 4.57 Å². The lowest BCUT2D eigenvalue weighted by Crippen LogP contribution is -2.48. The number of carbonyl (C=O) groups excluding carboxylic acids is 2. The first kappa shape index (κ1) is 38.7. The minimum atomic E-state index is -4.05. The summed E-state index contributed by atoms with van der Waals surface area (Å²) in [6.45, 7) is 7.94. The largest absolute Gasteiger partial charge is 0.465 e. The number of thiazole rings is 1. The summed E-state index contributed by atoms with van der Waals surface area (Å²) >= 11 is 4.39. The molecule has 4 rings (SSSR count). The molecule has 2 heterocycles. The standard InChI is InChI=1S/C35H45N4O6PS3/c1-5-43-33(40)27(22-47-20-25-13-9-7-10-14-25)38-46(42,31-18-17-29(45-31)32-30(19-24(3)4)49-35(36)37-32)39-28(34(41)44-6-2)23-48-21-26-15-11-8-12-16-26/h7-18,24,27-28H,5-6,19-23H2,1-4H3,(H2,36,37)(H2,38,39,42)/t27-,28-/m1/s1. The summed E-state index contributed by atoms with van der Waals surface area (Å²) in [5.74, 6) is 1.38. The average Bonchev–Trinajstić information content (AvgIpc) is 3.72. The van der Waals surface area contributed by atoms with E-state index < -0.39 is 31.5 Å². The van der Waals surface area contributed by atoms with Crippen LogP contribution in [-0.2, 0) is 41.6 Å². The lowest BCUT2D eigenvalue weighted by Gasteiger charge is -2.27. The van der Waals surface area contributed by atoms with Crippen LogP contribution in [0.2, 0.25) is 0 Å². The van der Waals surface area contributed by atoms with Gasteiger partial charge in [-0.3, -0.25) is 14.2 Å². The van der Waals surface area contributed by atoms with Gasteiger partial charge in [0.1, 0.15) is 17.8 Å². The quantitative estimate of drug-likeness (QED) is 0.0639. The second-order valence-electron chi connectivity index (χ2n) is 11.5. The zero-order valence-corrected chi connectivity index (χ0v) is 31.6. The zero-order chi connectivity index (χ0) is 35.2. The van der Waals surface area contributed by atoms with Crippen molar-refractivity contribution in [1.82, 2.24) is 15.2 Å². The molecular formula is C35H45N4O6PS3. The number of nitrogen functional groups attached to an aromatic ring is 1. The number of furan rings is 1. The van der Waals surface area contributed by atoms with E-state index in [0.29, 0.717) is 34.0 Å². The van der Waals surface area contributed by atoms with Crippen LogP contribution in [0.3, 0.4) is 0 Å². The van der Waals surface area contributed by atoms with Gasteiger partial charge in [-0.25, -0.2) is 15.2 Å². The topological polar surface area (TPSA) is 146 Å². The average molecular weight is 745 g/mol. The summed E-state index contributed by atoms with van der Waals surface area (Å²) in [6.07, 6.45) is 0.738. The lowest BCUT2D eigenvalue weighted by atomic mass is 10.1. The highest BCUT2D eigenvalue weighted by Gasteiger charge is 2.39. The zero-order valence-electron chi connectivity index (χ0n) is 28.3. The summed E-state index contributed by atoms with van der Waals surface area (Å²) in [5.41, 5.74) is 8.89. The molecule has 10 nitrogen and oxygen atoms in total. The van der Waals surface area contributed by atoms with E-state index in [1.54, 1.807) is 26.0 Å². The number of nitrogens with one attached hydrogen (secondary N) is 2. The number of hydrogen-bond donors (Lipinski definition) is 3. The van der Waals surface area contributed by atoms with E-state index in [2.05, 4.69) is 29.0 Å². The molecule has 14 heteroatoms. The summed E-state index contributed by atoms with van der Waals surface area (Å²) < 4.78 is 32.3. The molecule has 0 saturated heterocycles. The summed E-state index contributed by atoms with van der Waals surface area (Å²) in [4.78, 5) is 32.1. The maximum atomic E-state index is 15.2. The molecule has 0 radical (unpaired) electrons. The van der Waals surface area contributed by atoms with Crippen LogP contribution in [0.1, 0.15) is 43.7 Å². The Hall–Kier alpha value is -3.06. The van der Waals surface area contributed by atoms with Crippen LogP contribution >= 0.6 is 42.3 Å². The molecule has 2 aromatic heterocycles. The lowest BCUT2D eigenvalue weighted by molar-refractivity contribution is -0.145. The normalized spacial score (nSPS) is 12.9. The highest BCUT2D eigenvalue weighted by Crippen LogP contribution is 2.41. The van der Waals surface area contributed by atoms with E-state index in [4.69, 9.17) is 19.6 Å². The van der Waals surface area contributed by atoms with Crippen molar-refractivity contribution in [3.8, 4) is 11.5 Å². The van der Waals surface area contributed by atoms with Gasteiger partial charge in [0.05, 0.1) is 13.2 Å². The molecule has 264 valence electrons. The SMILES string of the molecule is CCOC(=O)[C@@H](CSCc1ccccc1)NP(=O)(N[C@H](CSCc1ccccc1)C(=O)OCC)c1ccc(-c2nc(N)sc2CC(C)C)o1. The number of nitrogens with zero attached hydrogens (tertiary/aromatic N) is 1. The molecule has 4 aromatic rings. The number of ether oxygens (including phenoxy) is 2. The van der Waals surface area contributed by atoms with E-state index in [1.807, 2.05) is 60.7 Å². The second-order valence-corrected chi connectivity index (χ2v) is 16.9. The minimum Gasteiger partial charge on any atom is -0.465 e. The number of nitrogens with two attached hydrogens (primary N) is 1. The molecule has 0 bridgehead atoms. The van der Waals surface area contributed by atoms with Crippen molar-refractivity contribution in [3.05, 3.63) is 88.8 Å². The minimum absolute atomic E-state index is 0.0364. The van der Waals surface area contributed by atoms with Crippen LogP contribution < -0.4 is 21.4 Å². The predicted molar refractivity (Wildman–Crippen MR) is 202 cm³/mol. The van der Waals surface area contributed by atoms with Crippen molar-refractivity contribution in [2.45, 2.75) is 57.7 Å². The van der Waals surface area contributed by atoms with Crippen LogP contribution in [0.25, 0.3) is 11.5 Å². The molecule has 49 heavy (non-hydrogen) atoms. The van der Waals surface area contributed by atoms with E-state index in [-0.39, 0.29) is 30.2 Å². The third-order valence-electron chi connectivity index (χ3n) is 7.05. The maximum absolute atomic E-state index is 15.2. The smallest absolute Gasteiger partial charge is 0.324 e. The molecule has 0 unspecified atom stereocenters. The van der Waals surface area contributed by atoms with Crippen LogP contribution in [-0.4, -0.2) is 53.7 Å². The molecule has 4 N–H and O–H groups in total. The number of thioether (sulfide) groups is 2. The van der Waals surface area contributed by atoms with Crippen molar-refractivity contribution in [2.24, 2.45) is 5.92 Å². The molecule has 0 saturated carbocycles. The first-order valence-electron chi connectivity index (χ1n) is 16.2. The monoisotopic (exact) mass is 744 g/mol. The molecule has 0 spiro atoms. The van der Waals surface area contributed by atoms with Gasteiger partial charge >= 0.3 is 11.9 Å². The van der Waals surface area contributed by atoms with Gasteiger partial charge in [0.25, 0.3) is 7.44 Å². The van der Waals surface area contributed by atoms with Crippen molar-refractivity contribution >= 4 is 64.9 Å². The molecule has 0 aliphatic rings.